The maximum atomic E-state index is 13.9. The number of nitrogens with zero attached hydrogens (tertiary/aromatic N) is 1. The van der Waals surface area contributed by atoms with Crippen molar-refractivity contribution < 1.29 is 18.0 Å². The Balaban J connectivity index is 1.69. The number of rotatable bonds is 1. The average Bonchev–Trinajstić information content (AvgIpc) is 2.77. The van der Waals surface area contributed by atoms with E-state index in [1.807, 2.05) is 0 Å². The summed E-state index contributed by atoms with van der Waals surface area (Å²) in [5, 5.41) is 0.868. The van der Waals surface area contributed by atoms with Crippen LogP contribution in [-0.4, -0.2) is 22.3 Å². The third-order valence-electron chi connectivity index (χ3n) is 4.36. The molecule has 6 heteroatoms. The number of H-pyrrole nitrogens is 1. The number of benzene rings is 2. The summed E-state index contributed by atoms with van der Waals surface area (Å²) in [7, 11) is 0. The maximum Gasteiger partial charge on any atom is 0.263 e. The van der Waals surface area contributed by atoms with E-state index in [0.717, 1.165) is 28.8 Å². The van der Waals surface area contributed by atoms with Gasteiger partial charge in [-0.25, -0.2) is 13.2 Å². The first-order valence-corrected chi connectivity index (χ1v) is 7.78. The minimum atomic E-state index is -0.887. The summed E-state index contributed by atoms with van der Waals surface area (Å²) in [5.74, 6) is -2.84. The molecule has 0 spiro atoms. The number of nitrogens with one attached hydrogen (secondary N) is 1. The van der Waals surface area contributed by atoms with Crippen molar-refractivity contribution in [3.63, 3.8) is 0 Å². The Bertz CT molecular complexity index is 1000. The molecule has 2 heterocycles. The Morgan fingerprint density at radius 3 is 2.60 bits per heavy atom. The van der Waals surface area contributed by atoms with E-state index in [4.69, 9.17) is 0 Å². The van der Waals surface area contributed by atoms with Crippen molar-refractivity contribution in [3.05, 3.63) is 76.9 Å². The zero-order valence-electron chi connectivity index (χ0n) is 13.0. The van der Waals surface area contributed by atoms with Crippen molar-refractivity contribution in [1.29, 1.82) is 0 Å². The Labute approximate surface area is 141 Å². The fraction of sp³-hybridized carbons (Fsp3) is 0.105. The number of halogens is 3. The van der Waals surface area contributed by atoms with E-state index in [1.54, 1.807) is 12.1 Å². The van der Waals surface area contributed by atoms with Crippen LogP contribution in [0.3, 0.4) is 0 Å². The smallest absolute Gasteiger partial charge is 0.263 e. The van der Waals surface area contributed by atoms with Crippen LogP contribution in [0.4, 0.5) is 13.2 Å². The van der Waals surface area contributed by atoms with Crippen LogP contribution in [0.25, 0.3) is 17.0 Å². The molecule has 0 radical (unpaired) electrons. The number of hydrogen-bond acceptors (Lipinski definition) is 1. The normalized spacial score (nSPS) is 13.8. The number of amides is 1. The predicted octanol–water partition coefficient (Wildman–Crippen LogP) is 4.25. The second kappa shape index (κ2) is 5.81. The first-order valence-electron chi connectivity index (χ1n) is 7.78. The molecule has 2 aromatic carbocycles. The van der Waals surface area contributed by atoms with Gasteiger partial charge in [0, 0.05) is 29.3 Å². The van der Waals surface area contributed by atoms with Gasteiger partial charge in [-0.3, -0.25) is 4.79 Å². The molecule has 0 unspecified atom stereocenters. The molecular formula is C19H13F3N2O. The highest BCUT2D eigenvalue weighted by atomic mass is 19.1. The molecule has 25 heavy (non-hydrogen) atoms. The Hall–Kier alpha value is -3.02. The van der Waals surface area contributed by atoms with Crippen molar-refractivity contribution in [2.75, 3.05) is 6.54 Å². The summed E-state index contributed by atoms with van der Waals surface area (Å²) in [6.45, 7) is 0.264. The van der Waals surface area contributed by atoms with E-state index in [1.165, 1.54) is 29.3 Å². The average molecular weight is 342 g/mol. The molecule has 0 fully saturated rings. The van der Waals surface area contributed by atoms with Gasteiger partial charge in [-0.05, 0) is 48.4 Å². The van der Waals surface area contributed by atoms with E-state index >= 15 is 0 Å². The Morgan fingerprint density at radius 1 is 1.08 bits per heavy atom. The zero-order chi connectivity index (χ0) is 17.6. The van der Waals surface area contributed by atoms with Crippen LogP contribution < -0.4 is 0 Å². The lowest BCUT2D eigenvalue weighted by atomic mass is 10.1. The molecule has 1 aromatic heterocycles. The van der Waals surface area contributed by atoms with Crippen molar-refractivity contribution in [2.45, 2.75) is 6.42 Å². The van der Waals surface area contributed by atoms with Crippen LogP contribution >= 0.6 is 0 Å². The summed E-state index contributed by atoms with van der Waals surface area (Å²) in [6, 6.07) is 7.81. The van der Waals surface area contributed by atoms with Gasteiger partial charge in [0.1, 0.15) is 23.0 Å². The minimum Gasteiger partial charge on any atom is -0.355 e. The lowest BCUT2D eigenvalue weighted by Gasteiger charge is -2.17. The van der Waals surface area contributed by atoms with E-state index in [9.17, 15) is 18.0 Å². The van der Waals surface area contributed by atoms with Crippen LogP contribution in [0.5, 0.6) is 0 Å². The number of carbonyl (C=O) groups excluding carboxylic acids is 1. The van der Waals surface area contributed by atoms with Crippen molar-refractivity contribution in [1.82, 2.24) is 9.88 Å². The first-order chi connectivity index (χ1) is 12.0. The monoisotopic (exact) mass is 342 g/mol. The predicted molar refractivity (Wildman–Crippen MR) is 88.4 cm³/mol. The quantitative estimate of drug-likeness (QED) is 0.705. The molecule has 126 valence electrons. The molecule has 0 aliphatic carbocycles. The van der Waals surface area contributed by atoms with E-state index in [-0.39, 0.29) is 12.4 Å². The number of carbonyl (C=O) groups is 1. The highest BCUT2D eigenvalue weighted by Gasteiger charge is 2.24. The van der Waals surface area contributed by atoms with Gasteiger partial charge in [0.25, 0.3) is 5.91 Å². The summed E-state index contributed by atoms with van der Waals surface area (Å²) in [5.41, 5.74) is 1.81. The largest absolute Gasteiger partial charge is 0.355 e. The fourth-order valence-electron chi connectivity index (χ4n) is 3.15. The van der Waals surface area contributed by atoms with Gasteiger partial charge in [0.2, 0.25) is 0 Å². The first kappa shape index (κ1) is 15.5. The van der Waals surface area contributed by atoms with Crippen LogP contribution in [0.15, 0.2) is 42.6 Å². The fourth-order valence-corrected chi connectivity index (χ4v) is 3.15. The van der Waals surface area contributed by atoms with Gasteiger partial charge in [0.15, 0.2) is 0 Å². The summed E-state index contributed by atoms with van der Waals surface area (Å²) >= 11 is 0. The van der Waals surface area contributed by atoms with E-state index < -0.39 is 23.1 Å². The standard InChI is InChI=1S/C19H13F3N2O/c20-11-4-5-12-13-6-8-24(9-7-16(13)23-17(12)10-11)19(25)18-14(21)2-1-3-15(18)22/h1-5,7,9-10,23H,6,8H2. The molecule has 1 aliphatic rings. The van der Waals surface area contributed by atoms with Crippen molar-refractivity contribution in [2.24, 2.45) is 0 Å². The SMILES string of the molecule is O=C(c1c(F)cccc1F)N1C=Cc2[nH]c3cc(F)ccc3c2CC1. The van der Waals surface area contributed by atoms with Gasteiger partial charge >= 0.3 is 0 Å². The molecule has 1 amide bonds. The van der Waals surface area contributed by atoms with Gasteiger partial charge in [-0.15, -0.1) is 0 Å². The summed E-state index contributed by atoms with van der Waals surface area (Å²) in [4.78, 5) is 16.9. The molecule has 3 nitrogen and oxygen atoms in total. The lowest BCUT2D eigenvalue weighted by molar-refractivity contribution is 0.0816. The molecule has 0 saturated heterocycles. The summed E-state index contributed by atoms with van der Waals surface area (Å²) in [6.07, 6.45) is 3.64. The molecule has 1 N–H and O–H groups in total. The number of hydrogen-bond donors (Lipinski definition) is 1. The summed E-state index contributed by atoms with van der Waals surface area (Å²) < 4.78 is 41.1. The van der Waals surface area contributed by atoms with E-state index in [2.05, 4.69) is 4.98 Å². The highest BCUT2D eigenvalue weighted by Crippen LogP contribution is 2.27. The highest BCUT2D eigenvalue weighted by molar-refractivity contribution is 5.96. The number of fused-ring (bicyclic) bond motifs is 3. The molecule has 0 saturated carbocycles. The Kier molecular flexibility index (Phi) is 3.60. The third-order valence-corrected chi connectivity index (χ3v) is 4.36. The van der Waals surface area contributed by atoms with Crippen LogP contribution in [0.1, 0.15) is 21.6 Å². The molecule has 0 atom stereocenters. The van der Waals surface area contributed by atoms with Gasteiger partial charge in [0.05, 0.1) is 0 Å². The van der Waals surface area contributed by atoms with Crippen LogP contribution in [0, 0.1) is 17.5 Å². The van der Waals surface area contributed by atoms with Crippen molar-refractivity contribution >= 4 is 22.9 Å². The zero-order valence-corrected chi connectivity index (χ0v) is 13.0. The van der Waals surface area contributed by atoms with Gasteiger partial charge in [-0.1, -0.05) is 6.07 Å². The maximum absolute atomic E-state index is 13.9. The minimum absolute atomic E-state index is 0.264. The van der Waals surface area contributed by atoms with Gasteiger partial charge in [-0.2, -0.15) is 0 Å². The molecule has 0 bridgehead atoms. The second-order valence-electron chi connectivity index (χ2n) is 5.87. The van der Waals surface area contributed by atoms with Crippen molar-refractivity contribution in [3.8, 4) is 0 Å². The van der Waals surface area contributed by atoms with Gasteiger partial charge < -0.3 is 9.88 Å². The second-order valence-corrected chi connectivity index (χ2v) is 5.87. The molecule has 4 rings (SSSR count). The molecule has 1 aliphatic heterocycles. The molecular weight excluding hydrogens is 329 g/mol. The number of aromatic nitrogens is 1. The topological polar surface area (TPSA) is 36.1 Å². The third kappa shape index (κ3) is 2.59. The molecule has 3 aromatic rings. The lowest BCUT2D eigenvalue weighted by Crippen LogP contribution is -2.28. The number of aromatic amines is 1. The van der Waals surface area contributed by atoms with E-state index in [0.29, 0.717) is 11.9 Å². The Morgan fingerprint density at radius 2 is 1.84 bits per heavy atom. The van der Waals surface area contributed by atoms with Crippen LogP contribution in [-0.2, 0) is 6.42 Å². The van der Waals surface area contributed by atoms with Crippen LogP contribution in [0.2, 0.25) is 0 Å².